The van der Waals surface area contributed by atoms with Crippen molar-refractivity contribution in [1.82, 2.24) is 19.7 Å². The van der Waals surface area contributed by atoms with Crippen molar-refractivity contribution >= 4 is 21.9 Å². The predicted octanol–water partition coefficient (Wildman–Crippen LogP) is 1.99. The van der Waals surface area contributed by atoms with E-state index in [1.165, 1.54) is 0 Å². The topological polar surface area (TPSA) is 46.4 Å². The molecule has 1 aromatic rings. The highest BCUT2D eigenvalue weighted by atomic mass is 79.9. The molecular formula is C13H22BrN5O. The Morgan fingerprint density at radius 1 is 1.20 bits per heavy atom. The van der Waals surface area contributed by atoms with Crippen LogP contribution >= 0.6 is 15.9 Å². The first-order chi connectivity index (χ1) is 9.28. The van der Waals surface area contributed by atoms with Crippen LogP contribution in [0.4, 0.5) is 5.95 Å². The Morgan fingerprint density at radius 3 is 2.25 bits per heavy atom. The van der Waals surface area contributed by atoms with Gasteiger partial charge in [0.2, 0.25) is 10.7 Å². The van der Waals surface area contributed by atoms with Gasteiger partial charge in [0.05, 0.1) is 0 Å². The quantitative estimate of drug-likeness (QED) is 0.785. The minimum Gasteiger partial charge on any atom is -0.474 e. The van der Waals surface area contributed by atoms with Crippen LogP contribution in [0.3, 0.4) is 0 Å². The summed E-state index contributed by atoms with van der Waals surface area (Å²) >= 11 is 3.37. The summed E-state index contributed by atoms with van der Waals surface area (Å²) in [6.07, 6.45) is 0. The summed E-state index contributed by atoms with van der Waals surface area (Å²) in [5.74, 6) is 1.63. The lowest BCUT2D eigenvalue weighted by Gasteiger charge is -2.38. The molecule has 0 bridgehead atoms. The van der Waals surface area contributed by atoms with Gasteiger partial charge in [0, 0.05) is 33.2 Å². The smallest absolute Gasteiger partial charge is 0.227 e. The lowest BCUT2D eigenvalue weighted by atomic mass is 10.2. The van der Waals surface area contributed by atoms with E-state index in [2.05, 4.69) is 42.5 Å². The van der Waals surface area contributed by atoms with Crippen molar-refractivity contribution in [2.45, 2.75) is 26.4 Å². The summed E-state index contributed by atoms with van der Waals surface area (Å²) in [7, 11) is 1.95. The van der Waals surface area contributed by atoms with Crippen LogP contribution in [-0.4, -0.2) is 51.4 Å². The fraction of sp³-hybridized carbons (Fsp3) is 0.692. The van der Waals surface area contributed by atoms with Crippen LogP contribution in [0.5, 0.6) is 0 Å². The third-order valence-electron chi connectivity index (χ3n) is 3.14. The molecule has 112 valence electrons. The minimum atomic E-state index is -0.206. The first-order valence-corrected chi connectivity index (χ1v) is 7.50. The minimum absolute atomic E-state index is 0.206. The molecule has 0 radical (unpaired) electrons. The molecule has 0 unspecified atom stereocenters. The van der Waals surface area contributed by atoms with E-state index in [4.69, 9.17) is 4.74 Å². The van der Waals surface area contributed by atoms with Gasteiger partial charge in [-0.2, -0.15) is 0 Å². The van der Waals surface area contributed by atoms with E-state index in [1.807, 2.05) is 32.4 Å². The average molecular weight is 344 g/mol. The Balaban J connectivity index is 1.93. The molecule has 1 saturated heterocycles. The molecule has 0 saturated carbocycles. The molecule has 6 nitrogen and oxygen atoms in total. The summed E-state index contributed by atoms with van der Waals surface area (Å²) in [5, 5.41) is 8.21. The highest BCUT2D eigenvalue weighted by Gasteiger charge is 2.24. The molecule has 2 heterocycles. The molecule has 0 aromatic carbocycles. The van der Waals surface area contributed by atoms with Gasteiger partial charge in [0.1, 0.15) is 5.60 Å². The van der Waals surface area contributed by atoms with Gasteiger partial charge in [-0.25, -0.2) is 0 Å². The molecule has 0 aliphatic carbocycles. The number of anilines is 1. The van der Waals surface area contributed by atoms with Crippen molar-refractivity contribution in [1.29, 1.82) is 0 Å². The van der Waals surface area contributed by atoms with Gasteiger partial charge < -0.3 is 14.5 Å². The Labute approximate surface area is 128 Å². The van der Waals surface area contributed by atoms with Crippen LogP contribution in [0.2, 0.25) is 0 Å². The maximum absolute atomic E-state index is 5.82. The largest absolute Gasteiger partial charge is 0.474 e. The number of piperazine rings is 1. The normalized spacial score (nSPS) is 16.4. The Bertz CT molecular complexity index is 485. The molecule has 1 aromatic heterocycles. The molecular weight excluding hydrogens is 322 g/mol. The Kier molecular flexibility index (Phi) is 4.27. The van der Waals surface area contributed by atoms with Gasteiger partial charge in [0.25, 0.3) is 0 Å². The van der Waals surface area contributed by atoms with Gasteiger partial charge in [-0.1, -0.05) is 0 Å². The standard InChI is InChI=1S/C13H22BrN5O/c1-10(20-13(2,3)4)18-6-8-19(9-7-18)12-16-15-11(14)17(12)5/h1,6-9H2,2-5H3. The Hall–Kier alpha value is -1.24. The second-order valence-corrected chi connectivity index (χ2v) is 6.62. The van der Waals surface area contributed by atoms with E-state index >= 15 is 0 Å². The van der Waals surface area contributed by atoms with Crippen LogP contribution in [0.25, 0.3) is 0 Å². The zero-order chi connectivity index (χ0) is 14.9. The van der Waals surface area contributed by atoms with E-state index < -0.39 is 0 Å². The molecule has 0 amide bonds. The Morgan fingerprint density at radius 2 is 1.80 bits per heavy atom. The fourth-order valence-electron chi connectivity index (χ4n) is 2.15. The number of ether oxygens (including phenoxy) is 1. The molecule has 2 rings (SSSR count). The van der Waals surface area contributed by atoms with Crippen molar-refractivity contribution in [3.8, 4) is 0 Å². The number of aromatic nitrogens is 3. The van der Waals surface area contributed by atoms with Crippen LogP contribution < -0.4 is 4.90 Å². The third-order valence-corrected chi connectivity index (χ3v) is 3.83. The maximum Gasteiger partial charge on any atom is 0.227 e. The first-order valence-electron chi connectivity index (χ1n) is 6.70. The second kappa shape index (κ2) is 5.63. The number of hydrogen-bond donors (Lipinski definition) is 0. The lowest BCUT2D eigenvalue weighted by Crippen LogP contribution is -2.47. The van der Waals surface area contributed by atoms with Crippen molar-refractivity contribution in [3.05, 3.63) is 17.2 Å². The third kappa shape index (κ3) is 3.45. The van der Waals surface area contributed by atoms with Crippen molar-refractivity contribution in [3.63, 3.8) is 0 Å². The van der Waals surface area contributed by atoms with Gasteiger partial charge >= 0.3 is 0 Å². The van der Waals surface area contributed by atoms with Gasteiger partial charge in [-0.05, 0) is 43.3 Å². The maximum atomic E-state index is 5.82. The molecule has 1 aliphatic rings. The molecule has 0 spiro atoms. The van der Waals surface area contributed by atoms with Crippen molar-refractivity contribution < 1.29 is 4.74 Å². The highest BCUT2D eigenvalue weighted by Crippen LogP contribution is 2.20. The molecule has 1 fully saturated rings. The van der Waals surface area contributed by atoms with Gasteiger partial charge in [-0.15, -0.1) is 10.2 Å². The van der Waals surface area contributed by atoms with Gasteiger partial charge in [-0.3, -0.25) is 4.57 Å². The zero-order valence-electron chi connectivity index (χ0n) is 12.6. The van der Waals surface area contributed by atoms with Gasteiger partial charge in [0.15, 0.2) is 5.88 Å². The van der Waals surface area contributed by atoms with Crippen LogP contribution in [-0.2, 0) is 11.8 Å². The van der Waals surface area contributed by atoms with E-state index in [-0.39, 0.29) is 5.60 Å². The molecule has 20 heavy (non-hydrogen) atoms. The highest BCUT2D eigenvalue weighted by molar-refractivity contribution is 9.10. The summed E-state index contributed by atoms with van der Waals surface area (Å²) in [6, 6.07) is 0. The molecule has 0 N–H and O–H groups in total. The van der Waals surface area contributed by atoms with Crippen LogP contribution in [0, 0.1) is 0 Å². The van der Waals surface area contributed by atoms with E-state index in [0.29, 0.717) is 0 Å². The molecule has 1 aliphatic heterocycles. The SMILES string of the molecule is C=C(OC(C)(C)C)N1CCN(c2nnc(Br)n2C)CC1. The molecule has 7 heteroatoms. The first kappa shape index (κ1) is 15.2. The summed E-state index contributed by atoms with van der Waals surface area (Å²) in [4.78, 5) is 4.39. The van der Waals surface area contributed by atoms with E-state index in [9.17, 15) is 0 Å². The summed E-state index contributed by atoms with van der Waals surface area (Å²) < 4.78 is 8.50. The fourth-order valence-corrected chi connectivity index (χ4v) is 2.39. The van der Waals surface area contributed by atoms with Crippen molar-refractivity contribution in [2.75, 3.05) is 31.1 Å². The zero-order valence-corrected chi connectivity index (χ0v) is 14.1. The monoisotopic (exact) mass is 343 g/mol. The number of halogens is 1. The lowest BCUT2D eigenvalue weighted by molar-refractivity contribution is 0.00158. The average Bonchev–Trinajstić information content (AvgIpc) is 2.68. The van der Waals surface area contributed by atoms with E-state index in [0.717, 1.165) is 42.7 Å². The summed E-state index contributed by atoms with van der Waals surface area (Å²) in [6.45, 7) is 13.6. The van der Waals surface area contributed by atoms with E-state index in [1.54, 1.807) is 0 Å². The number of hydrogen-bond acceptors (Lipinski definition) is 5. The number of rotatable bonds is 3. The second-order valence-electron chi connectivity index (χ2n) is 5.91. The molecule has 0 atom stereocenters. The van der Waals surface area contributed by atoms with Crippen LogP contribution in [0.15, 0.2) is 17.2 Å². The predicted molar refractivity (Wildman–Crippen MR) is 82.5 cm³/mol. The summed E-state index contributed by atoms with van der Waals surface area (Å²) in [5.41, 5.74) is -0.206. The number of nitrogens with zero attached hydrogens (tertiary/aromatic N) is 5. The van der Waals surface area contributed by atoms with Crippen molar-refractivity contribution in [2.24, 2.45) is 7.05 Å². The van der Waals surface area contributed by atoms with Crippen LogP contribution in [0.1, 0.15) is 20.8 Å².